The normalized spacial score (nSPS) is 11.1. The highest BCUT2D eigenvalue weighted by molar-refractivity contribution is 7.17. The van der Waals surface area contributed by atoms with E-state index in [1.165, 1.54) is 11.3 Å². The molecule has 3 nitrogen and oxygen atoms in total. The Kier molecular flexibility index (Phi) is 2.98. The molecule has 0 amide bonds. The SMILES string of the molecule is COc1ccc2[nH]c(=O)c3sccc3c2c1-c1c[c]ccc1. The minimum Gasteiger partial charge on any atom is -0.496 e. The fourth-order valence-electron chi connectivity index (χ4n) is 2.83. The van der Waals surface area contributed by atoms with Crippen LogP contribution in [0.15, 0.2) is 52.6 Å². The molecular weight excluding hydrogens is 294 g/mol. The average molecular weight is 306 g/mol. The Hall–Kier alpha value is -2.59. The molecule has 0 atom stereocenters. The van der Waals surface area contributed by atoms with E-state index in [0.717, 1.165) is 37.9 Å². The van der Waals surface area contributed by atoms with Gasteiger partial charge < -0.3 is 9.72 Å². The lowest BCUT2D eigenvalue weighted by Gasteiger charge is -2.13. The molecule has 2 heterocycles. The monoisotopic (exact) mass is 306 g/mol. The number of nitrogens with one attached hydrogen (secondary N) is 1. The number of aromatic nitrogens is 1. The van der Waals surface area contributed by atoms with Gasteiger partial charge in [0.05, 0.1) is 7.11 Å². The van der Waals surface area contributed by atoms with Crippen molar-refractivity contribution < 1.29 is 4.74 Å². The molecule has 0 saturated carbocycles. The van der Waals surface area contributed by atoms with Gasteiger partial charge in [0.1, 0.15) is 10.4 Å². The summed E-state index contributed by atoms with van der Waals surface area (Å²) in [5.74, 6) is 0.784. The fourth-order valence-corrected chi connectivity index (χ4v) is 3.63. The maximum Gasteiger partial charge on any atom is 0.266 e. The van der Waals surface area contributed by atoms with Crippen molar-refractivity contribution >= 4 is 32.3 Å². The number of rotatable bonds is 2. The minimum atomic E-state index is -0.0479. The first-order valence-corrected chi connectivity index (χ1v) is 7.74. The number of hydrogen-bond acceptors (Lipinski definition) is 3. The molecule has 0 aliphatic carbocycles. The number of pyridine rings is 1. The number of fused-ring (bicyclic) bond motifs is 3. The first-order valence-electron chi connectivity index (χ1n) is 6.86. The second kappa shape index (κ2) is 5.00. The van der Waals surface area contributed by atoms with Crippen LogP contribution in [0.5, 0.6) is 5.75 Å². The lowest BCUT2D eigenvalue weighted by atomic mass is 9.97. The predicted molar refractivity (Wildman–Crippen MR) is 90.8 cm³/mol. The number of benzene rings is 2. The Morgan fingerprint density at radius 3 is 2.91 bits per heavy atom. The summed E-state index contributed by atoms with van der Waals surface area (Å²) in [5.41, 5.74) is 2.77. The molecule has 4 rings (SSSR count). The number of H-pyrrole nitrogens is 1. The molecule has 2 aromatic carbocycles. The molecule has 1 N–H and O–H groups in total. The van der Waals surface area contributed by atoms with Crippen LogP contribution in [-0.2, 0) is 0 Å². The number of thiophene rings is 1. The van der Waals surface area contributed by atoms with E-state index in [1.807, 2.05) is 47.8 Å². The van der Waals surface area contributed by atoms with Gasteiger partial charge >= 0.3 is 0 Å². The van der Waals surface area contributed by atoms with Crippen LogP contribution in [0, 0.1) is 6.07 Å². The zero-order chi connectivity index (χ0) is 15.1. The van der Waals surface area contributed by atoms with Crippen LogP contribution in [-0.4, -0.2) is 12.1 Å². The van der Waals surface area contributed by atoms with E-state index in [-0.39, 0.29) is 5.56 Å². The van der Waals surface area contributed by atoms with E-state index in [0.29, 0.717) is 0 Å². The summed E-state index contributed by atoms with van der Waals surface area (Å²) in [6, 6.07) is 16.6. The predicted octanol–water partition coefficient (Wildman–Crippen LogP) is 4.22. The van der Waals surface area contributed by atoms with Crippen LogP contribution >= 0.6 is 11.3 Å². The Bertz CT molecular complexity index is 1030. The van der Waals surface area contributed by atoms with Crippen molar-refractivity contribution in [1.82, 2.24) is 4.98 Å². The smallest absolute Gasteiger partial charge is 0.266 e. The lowest BCUT2D eigenvalue weighted by Crippen LogP contribution is -2.05. The summed E-state index contributed by atoms with van der Waals surface area (Å²) in [6.07, 6.45) is 0. The topological polar surface area (TPSA) is 42.1 Å². The molecule has 0 bridgehead atoms. The fraction of sp³-hybridized carbons (Fsp3) is 0.0556. The maximum atomic E-state index is 12.2. The van der Waals surface area contributed by atoms with Crippen molar-refractivity contribution in [3.63, 3.8) is 0 Å². The molecule has 0 fully saturated rings. The van der Waals surface area contributed by atoms with E-state index in [2.05, 4.69) is 11.1 Å². The first kappa shape index (κ1) is 13.1. The van der Waals surface area contributed by atoms with E-state index >= 15 is 0 Å². The van der Waals surface area contributed by atoms with Gasteiger partial charge in [-0.1, -0.05) is 18.2 Å². The summed E-state index contributed by atoms with van der Waals surface area (Å²) >= 11 is 1.45. The van der Waals surface area contributed by atoms with Gasteiger partial charge in [0.25, 0.3) is 5.56 Å². The summed E-state index contributed by atoms with van der Waals surface area (Å²) in [4.78, 5) is 15.1. The highest BCUT2D eigenvalue weighted by Crippen LogP contribution is 2.39. The maximum absolute atomic E-state index is 12.2. The first-order chi connectivity index (χ1) is 10.8. The van der Waals surface area contributed by atoms with Gasteiger partial charge in [-0.3, -0.25) is 4.79 Å². The van der Waals surface area contributed by atoms with Crippen molar-refractivity contribution in [3.8, 4) is 16.9 Å². The third kappa shape index (κ3) is 1.84. The summed E-state index contributed by atoms with van der Waals surface area (Å²) in [6.45, 7) is 0. The summed E-state index contributed by atoms with van der Waals surface area (Å²) < 4.78 is 6.30. The molecule has 0 saturated heterocycles. The molecule has 0 aliphatic rings. The molecule has 1 radical (unpaired) electrons. The van der Waals surface area contributed by atoms with E-state index < -0.39 is 0 Å². The molecule has 0 spiro atoms. The van der Waals surface area contributed by atoms with E-state index in [4.69, 9.17) is 4.74 Å². The van der Waals surface area contributed by atoms with Crippen molar-refractivity contribution in [2.45, 2.75) is 0 Å². The van der Waals surface area contributed by atoms with Gasteiger partial charge in [-0.05, 0) is 41.3 Å². The summed E-state index contributed by atoms with van der Waals surface area (Å²) in [5, 5.41) is 3.91. The highest BCUT2D eigenvalue weighted by atomic mass is 32.1. The Balaban J connectivity index is 2.26. The molecule has 2 aromatic heterocycles. The highest BCUT2D eigenvalue weighted by Gasteiger charge is 2.15. The number of methoxy groups -OCH3 is 1. The zero-order valence-electron chi connectivity index (χ0n) is 11.8. The van der Waals surface area contributed by atoms with Crippen molar-refractivity contribution in [1.29, 1.82) is 0 Å². The summed E-state index contributed by atoms with van der Waals surface area (Å²) in [7, 11) is 1.66. The van der Waals surface area contributed by atoms with E-state index in [1.54, 1.807) is 7.11 Å². The zero-order valence-corrected chi connectivity index (χ0v) is 12.7. The number of ether oxygens (including phenoxy) is 1. The Morgan fingerprint density at radius 2 is 2.14 bits per heavy atom. The van der Waals surface area contributed by atoms with Gasteiger partial charge in [-0.25, -0.2) is 0 Å². The molecule has 4 heteroatoms. The Morgan fingerprint density at radius 1 is 1.23 bits per heavy atom. The third-order valence-electron chi connectivity index (χ3n) is 3.77. The molecule has 0 unspecified atom stereocenters. The van der Waals surface area contributed by atoms with Crippen LogP contribution in [0.1, 0.15) is 0 Å². The molecular formula is C18H12NO2S. The Labute approximate surface area is 130 Å². The van der Waals surface area contributed by atoms with Crippen LogP contribution in [0.25, 0.3) is 32.1 Å². The number of aromatic amines is 1. The standard InChI is InChI=1S/C18H12NO2S/c1-21-14-8-7-13-16(15(14)11-5-3-2-4-6-11)12-9-10-22-17(12)18(20)19-13/h2-3,5-10H,1H3,(H,19,20). The van der Waals surface area contributed by atoms with Crippen molar-refractivity contribution in [2.75, 3.05) is 7.11 Å². The quantitative estimate of drug-likeness (QED) is 0.602. The molecule has 0 aliphatic heterocycles. The minimum absolute atomic E-state index is 0.0479. The van der Waals surface area contributed by atoms with Gasteiger partial charge in [0.15, 0.2) is 0 Å². The van der Waals surface area contributed by atoms with Gasteiger partial charge in [-0.2, -0.15) is 0 Å². The van der Waals surface area contributed by atoms with E-state index in [9.17, 15) is 4.79 Å². The molecule has 107 valence electrons. The van der Waals surface area contributed by atoms with Crippen LogP contribution in [0.4, 0.5) is 0 Å². The average Bonchev–Trinajstić information content (AvgIpc) is 3.05. The largest absolute Gasteiger partial charge is 0.496 e. The lowest BCUT2D eigenvalue weighted by molar-refractivity contribution is 0.417. The second-order valence-corrected chi connectivity index (χ2v) is 5.89. The van der Waals surface area contributed by atoms with Gasteiger partial charge in [0, 0.05) is 21.9 Å². The van der Waals surface area contributed by atoms with Crippen LogP contribution in [0.3, 0.4) is 0 Å². The van der Waals surface area contributed by atoms with Crippen molar-refractivity contribution in [3.05, 3.63) is 64.3 Å². The third-order valence-corrected chi connectivity index (χ3v) is 4.68. The second-order valence-electron chi connectivity index (χ2n) is 4.98. The van der Waals surface area contributed by atoms with Gasteiger partial charge in [-0.15, -0.1) is 11.3 Å². The molecule has 4 aromatic rings. The van der Waals surface area contributed by atoms with Crippen LogP contribution in [0.2, 0.25) is 0 Å². The van der Waals surface area contributed by atoms with Crippen LogP contribution < -0.4 is 10.3 Å². The van der Waals surface area contributed by atoms with Crippen molar-refractivity contribution in [2.24, 2.45) is 0 Å². The number of hydrogen-bond donors (Lipinski definition) is 1. The van der Waals surface area contributed by atoms with Gasteiger partial charge in [0.2, 0.25) is 0 Å². The molecule has 22 heavy (non-hydrogen) atoms.